The number of hydrogen-bond acceptors (Lipinski definition) is 4. The van der Waals surface area contributed by atoms with Gasteiger partial charge < -0.3 is 15.3 Å². The minimum absolute atomic E-state index is 0.115. The number of allylic oxidation sites excluding steroid dienone is 2. The van der Waals surface area contributed by atoms with Crippen molar-refractivity contribution < 1.29 is 24.9 Å². The Labute approximate surface area is 109 Å². The zero-order valence-corrected chi connectivity index (χ0v) is 9.85. The molecule has 2 rings (SSSR count). The Morgan fingerprint density at radius 1 is 1.16 bits per heavy atom. The minimum Gasteiger partial charge on any atom is -0.507 e. The van der Waals surface area contributed by atoms with Crippen LogP contribution in [0.5, 0.6) is 5.75 Å². The lowest BCUT2D eigenvalue weighted by Crippen LogP contribution is -2.47. The van der Waals surface area contributed by atoms with Crippen molar-refractivity contribution in [3.63, 3.8) is 0 Å². The molecule has 0 radical (unpaired) electrons. The summed E-state index contributed by atoms with van der Waals surface area (Å²) in [4.78, 5) is 23.4. The summed E-state index contributed by atoms with van der Waals surface area (Å²) in [6, 6.07) is 5.69. The van der Waals surface area contributed by atoms with Crippen molar-refractivity contribution in [2.75, 3.05) is 0 Å². The van der Waals surface area contributed by atoms with E-state index in [4.69, 9.17) is 5.11 Å². The smallest absolute Gasteiger partial charge is 0.314 e. The first kappa shape index (κ1) is 13.0. The van der Waals surface area contributed by atoms with Crippen molar-refractivity contribution in [3.8, 4) is 5.75 Å². The fraction of sp³-hybridized carbons (Fsp3) is 0.143. The molecule has 0 amide bonds. The molecule has 2 atom stereocenters. The Kier molecular flexibility index (Phi) is 3.23. The van der Waals surface area contributed by atoms with E-state index in [1.165, 1.54) is 42.5 Å². The number of carboxylic acids is 1. The summed E-state index contributed by atoms with van der Waals surface area (Å²) in [7, 11) is 0. The third-order valence-corrected chi connectivity index (χ3v) is 3.02. The number of phenols is 1. The standard InChI is InChI=1S/C14H12O5/c15-11-7-2-1-5-9(11)12(16)14(19)8-4-3-6-10(14)13(17)18/h1-8,10,15,19H,(H,17,18). The van der Waals surface area contributed by atoms with Gasteiger partial charge in [0.2, 0.25) is 5.78 Å². The zero-order valence-electron chi connectivity index (χ0n) is 9.85. The lowest BCUT2D eigenvalue weighted by molar-refractivity contribution is -0.144. The highest BCUT2D eigenvalue weighted by atomic mass is 16.4. The number of para-hydroxylation sites is 1. The van der Waals surface area contributed by atoms with E-state index in [0.29, 0.717) is 0 Å². The number of Topliss-reactive ketones (excluding diaryl/α,β-unsaturated/α-hetero) is 1. The van der Waals surface area contributed by atoms with Gasteiger partial charge in [0.05, 0.1) is 5.56 Å². The van der Waals surface area contributed by atoms with Crippen LogP contribution in [0.2, 0.25) is 0 Å². The van der Waals surface area contributed by atoms with Crippen LogP contribution in [0.4, 0.5) is 0 Å². The SMILES string of the molecule is O=C(O)C1C=CC=CC1(O)C(=O)c1ccccc1O. The Morgan fingerprint density at radius 2 is 1.84 bits per heavy atom. The highest BCUT2D eigenvalue weighted by Gasteiger charge is 2.46. The fourth-order valence-corrected chi connectivity index (χ4v) is 2.00. The van der Waals surface area contributed by atoms with E-state index in [-0.39, 0.29) is 11.3 Å². The van der Waals surface area contributed by atoms with Crippen LogP contribution in [0.3, 0.4) is 0 Å². The predicted molar refractivity (Wildman–Crippen MR) is 66.8 cm³/mol. The monoisotopic (exact) mass is 260 g/mol. The van der Waals surface area contributed by atoms with Crippen LogP contribution in [-0.2, 0) is 4.79 Å². The van der Waals surface area contributed by atoms with Gasteiger partial charge in [-0.05, 0) is 18.2 Å². The average Bonchev–Trinajstić information content (AvgIpc) is 2.38. The van der Waals surface area contributed by atoms with Gasteiger partial charge in [-0.15, -0.1) is 0 Å². The molecule has 0 aliphatic heterocycles. The van der Waals surface area contributed by atoms with Crippen LogP contribution in [0, 0.1) is 5.92 Å². The summed E-state index contributed by atoms with van der Waals surface area (Å²) in [5.74, 6) is -3.84. The highest BCUT2D eigenvalue weighted by molar-refractivity contribution is 6.08. The van der Waals surface area contributed by atoms with Gasteiger partial charge in [-0.3, -0.25) is 9.59 Å². The fourth-order valence-electron chi connectivity index (χ4n) is 2.00. The number of aliphatic carboxylic acids is 1. The van der Waals surface area contributed by atoms with E-state index in [2.05, 4.69) is 0 Å². The number of carbonyl (C=O) groups excluding carboxylic acids is 1. The Hall–Kier alpha value is -2.40. The number of rotatable bonds is 3. The molecule has 0 spiro atoms. The van der Waals surface area contributed by atoms with E-state index in [1.807, 2.05) is 0 Å². The first-order valence-corrected chi connectivity index (χ1v) is 5.61. The van der Waals surface area contributed by atoms with Gasteiger partial charge in [0, 0.05) is 0 Å². The molecule has 0 heterocycles. The normalized spacial score (nSPS) is 25.2. The molecule has 2 unspecified atom stereocenters. The largest absolute Gasteiger partial charge is 0.507 e. The summed E-state index contributed by atoms with van der Waals surface area (Å²) in [6.45, 7) is 0. The van der Waals surface area contributed by atoms with Crippen LogP contribution in [0.1, 0.15) is 10.4 Å². The molecule has 1 aliphatic carbocycles. The van der Waals surface area contributed by atoms with Gasteiger partial charge in [0.25, 0.3) is 0 Å². The molecule has 0 fully saturated rings. The molecule has 5 nitrogen and oxygen atoms in total. The number of aromatic hydroxyl groups is 1. The summed E-state index contributed by atoms with van der Waals surface area (Å²) < 4.78 is 0. The molecule has 98 valence electrons. The second kappa shape index (κ2) is 4.70. The summed E-state index contributed by atoms with van der Waals surface area (Å²) >= 11 is 0. The maximum Gasteiger partial charge on any atom is 0.314 e. The molecule has 1 aromatic rings. The minimum atomic E-state index is -2.20. The van der Waals surface area contributed by atoms with Crippen molar-refractivity contribution in [2.24, 2.45) is 5.92 Å². The quantitative estimate of drug-likeness (QED) is 0.708. The topological polar surface area (TPSA) is 94.8 Å². The van der Waals surface area contributed by atoms with Gasteiger partial charge in [0.1, 0.15) is 11.7 Å². The van der Waals surface area contributed by atoms with Crippen molar-refractivity contribution in [3.05, 3.63) is 54.1 Å². The van der Waals surface area contributed by atoms with Crippen molar-refractivity contribution >= 4 is 11.8 Å². The van der Waals surface area contributed by atoms with Crippen LogP contribution >= 0.6 is 0 Å². The number of benzene rings is 1. The second-order valence-corrected chi connectivity index (χ2v) is 4.23. The molecule has 0 bridgehead atoms. The molecule has 0 saturated heterocycles. The third kappa shape index (κ3) is 2.15. The van der Waals surface area contributed by atoms with Gasteiger partial charge in [0.15, 0.2) is 5.60 Å². The van der Waals surface area contributed by atoms with E-state index in [9.17, 15) is 19.8 Å². The maximum absolute atomic E-state index is 12.3. The number of aliphatic hydroxyl groups is 1. The Bertz CT molecular complexity index is 587. The lowest BCUT2D eigenvalue weighted by Gasteiger charge is -2.29. The first-order valence-electron chi connectivity index (χ1n) is 5.61. The summed E-state index contributed by atoms with van der Waals surface area (Å²) in [5, 5.41) is 29.1. The number of carbonyl (C=O) groups is 2. The van der Waals surface area contributed by atoms with E-state index in [0.717, 1.165) is 6.08 Å². The van der Waals surface area contributed by atoms with E-state index in [1.54, 1.807) is 0 Å². The predicted octanol–water partition coefficient (Wildman–Crippen LogP) is 1.13. The van der Waals surface area contributed by atoms with Crippen molar-refractivity contribution in [2.45, 2.75) is 5.60 Å². The number of hydrogen-bond donors (Lipinski definition) is 3. The molecule has 5 heteroatoms. The number of ketones is 1. The van der Waals surface area contributed by atoms with Crippen molar-refractivity contribution in [1.29, 1.82) is 0 Å². The zero-order chi connectivity index (χ0) is 14.0. The molecule has 1 aliphatic rings. The molecule has 3 N–H and O–H groups in total. The average molecular weight is 260 g/mol. The molecular weight excluding hydrogens is 248 g/mol. The van der Waals surface area contributed by atoms with Gasteiger partial charge in [-0.1, -0.05) is 30.4 Å². The molecular formula is C14H12O5. The Balaban J connectivity index is 2.47. The van der Waals surface area contributed by atoms with Crippen LogP contribution < -0.4 is 0 Å². The van der Waals surface area contributed by atoms with E-state index < -0.39 is 23.3 Å². The lowest BCUT2D eigenvalue weighted by atomic mass is 9.78. The third-order valence-electron chi connectivity index (χ3n) is 3.02. The molecule has 1 aromatic carbocycles. The maximum atomic E-state index is 12.3. The van der Waals surface area contributed by atoms with Crippen LogP contribution in [0.25, 0.3) is 0 Å². The molecule has 0 saturated carbocycles. The van der Waals surface area contributed by atoms with Gasteiger partial charge in [-0.25, -0.2) is 0 Å². The second-order valence-electron chi connectivity index (χ2n) is 4.23. The van der Waals surface area contributed by atoms with E-state index >= 15 is 0 Å². The summed E-state index contributed by atoms with van der Waals surface area (Å²) in [6.07, 6.45) is 5.21. The van der Waals surface area contributed by atoms with Crippen molar-refractivity contribution in [1.82, 2.24) is 0 Å². The van der Waals surface area contributed by atoms with Crippen LogP contribution in [0.15, 0.2) is 48.6 Å². The number of carboxylic acid groups (broad SMARTS) is 1. The molecule has 19 heavy (non-hydrogen) atoms. The van der Waals surface area contributed by atoms with Gasteiger partial charge in [-0.2, -0.15) is 0 Å². The van der Waals surface area contributed by atoms with Crippen LogP contribution in [-0.4, -0.2) is 32.7 Å². The highest BCUT2D eigenvalue weighted by Crippen LogP contribution is 2.31. The summed E-state index contributed by atoms with van der Waals surface area (Å²) in [5.41, 5.74) is -2.31. The first-order chi connectivity index (χ1) is 8.97. The Morgan fingerprint density at radius 3 is 2.47 bits per heavy atom. The number of phenolic OH excluding ortho intramolecular Hbond substituents is 1. The molecule has 0 aromatic heterocycles. The van der Waals surface area contributed by atoms with Gasteiger partial charge >= 0.3 is 5.97 Å².